The fourth-order valence-electron chi connectivity index (χ4n) is 2.70. The molecule has 1 saturated heterocycles. The van der Waals surface area contributed by atoms with E-state index in [4.69, 9.17) is 15.2 Å². The smallest absolute Gasteiger partial charge is 0.237 e. The number of hydrogen-bond donors (Lipinski definition) is 2. The molecular formula is C19H22N2O3S. The van der Waals surface area contributed by atoms with E-state index in [1.54, 1.807) is 18.9 Å². The summed E-state index contributed by atoms with van der Waals surface area (Å²) in [5.74, 6) is 3.12. The van der Waals surface area contributed by atoms with Crippen molar-refractivity contribution in [2.75, 3.05) is 19.4 Å². The van der Waals surface area contributed by atoms with Gasteiger partial charge in [-0.15, -0.1) is 11.8 Å². The van der Waals surface area contributed by atoms with Crippen LogP contribution in [0.25, 0.3) is 0 Å². The third kappa shape index (κ3) is 4.46. The zero-order chi connectivity index (χ0) is 17.6. The van der Waals surface area contributed by atoms with Crippen molar-refractivity contribution in [1.29, 1.82) is 0 Å². The summed E-state index contributed by atoms with van der Waals surface area (Å²) in [4.78, 5) is 12.5. The molecular weight excluding hydrogens is 336 g/mol. The number of rotatable bonds is 5. The van der Waals surface area contributed by atoms with E-state index in [1.165, 1.54) is 0 Å². The fraction of sp³-hybridized carbons (Fsp3) is 0.316. The molecule has 1 aliphatic heterocycles. The summed E-state index contributed by atoms with van der Waals surface area (Å²) in [5.41, 5.74) is 6.63. The van der Waals surface area contributed by atoms with E-state index < -0.39 is 0 Å². The number of nitrogens with two attached hydrogens (primary N) is 1. The topological polar surface area (TPSA) is 73.6 Å². The molecule has 0 aromatic heterocycles. The maximum atomic E-state index is 12.5. The van der Waals surface area contributed by atoms with E-state index >= 15 is 0 Å². The molecule has 3 rings (SSSR count). The number of carbonyl (C=O) groups excluding carboxylic acids is 1. The van der Waals surface area contributed by atoms with E-state index in [0.29, 0.717) is 12.3 Å². The molecule has 0 radical (unpaired) electrons. The fourth-order valence-corrected chi connectivity index (χ4v) is 3.91. The first-order chi connectivity index (χ1) is 12.2. The van der Waals surface area contributed by atoms with Gasteiger partial charge in [-0.2, -0.15) is 0 Å². The number of hydrogen-bond acceptors (Lipinski definition) is 5. The SMILES string of the molecule is COc1ccc(Oc2cccc([C@H]3SCC[C@@H](CN)NC3=O)c2)cc1. The Hall–Kier alpha value is -2.18. The maximum absolute atomic E-state index is 12.5. The van der Waals surface area contributed by atoms with Crippen LogP contribution in [0, 0.1) is 0 Å². The minimum atomic E-state index is -0.240. The van der Waals surface area contributed by atoms with E-state index in [1.807, 2.05) is 48.5 Å². The van der Waals surface area contributed by atoms with Gasteiger partial charge in [-0.3, -0.25) is 4.79 Å². The normalized spacial score (nSPS) is 20.5. The third-order valence-corrected chi connectivity index (χ3v) is 5.37. The van der Waals surface area contributed by atoms with Gasteiger partial charge in [0.25, 0.3) is 0 Å². The Bertz CT molecular complexity index is 721. The van der Waals surface area contributed by atoms with Crippen molar-refractivity contribution in [3.8, 4) is 17.2 Å². The van der Waals surface area contributed by atoms with Crippen LogP contribution >= 0.6 is 11.8 Å². The number of thioether (sulfide) groups is 1. The Morgan fingerprint density at radius 1 is 1.16 bits per heavy atom. The van der Waals surface area contributed by atoms with E-state index in [-0.39, 0.29) is 17.2 Å². The highest BCUT2D eigenvalue weighted by Gasteiger charge is 2.27. The predicted octanol–water partition coefficient (Wildman–Crippen LogP) is 3.11. The first kappa shape index (κ1) is 17.6. The van der Waals surface area contributed by atoms with Gasteiger partial charge in [0.1, 0.15) is 22.5 Å². The van der Waals surface area contributed by atoms with Crippen LogP contribution < -0.4 is 20.5 Å². The Labute approximate surface area is 151 Å². The van der Waals surface area contributed by atoms with Crippen LogP contribution in [0.4, 0.5) is 0 Å². The van der Waals surface area contributed by atoms with Crippen molar-refractivity contribution in [2.24, 2.45) is 5.73 Å². The molecule has 132 valence electrons. The number of ether oxygens (including phenoxy) is 2. The van der Waals surface area contributed by atoms with Crippen molar-refractivity contribution in [3.05, 3.63) is 54.1 Å². The van der Waals surface area contributed by atoms with Crippen LogP contribution in [-0.2, 0) is 4.79 Å². The lowest BCUT2D eigenvalue weighted by Gasteiger charge is -2.16. The molecule has 3 N–H and O–H groups in total. The van der Waals surface area contributed by atoms with Gasteiger partial charge in [-0.1, -0.05) is 12.1 Å². The average Bonchev–Trinajstić information content (AvgIpc) is 2.83. The van der Waals surface area contributed by atoms with Gasteiger partial charge in [-0.25, -0.2) is 0 Å². The molecule has 0 unspecified atom stereocenters. The Morgan fingerprint density at radius 2 is 1.92 bits per heavy atom. The van der Waals surface area contributed by atoms with Gasteiger partial charge in [-0.05, 0) is 54.1 Å². The lowest BCUT2D eigenvalue weighted by molar-refractivity contribution is -0.121. The number of methoxy groups -OCH3 is 1. The maximum Gasteiger partial charge on any atom is 0.237 e. The highest BCUT2D eigenvalue weighted by molar-refractivity contribution is 8.00. The highest BCUT2D eigenvalue weighted by atomic mass is 32.2. The number of nitrogens with one attached hydrogen (secondary N) is 1. The van der Waals surface area contributed by atoms with Crippen molar-refractivity contribution in [3.63, 3.8) is 0 Å². The van der Waals surface area contributed by atoms with E-state index in [0.717, 1.165) is 29.2 Å². The molecule has 5 nitrogen and oxygen atoms in total. The van der Waals surface area contributed by atoms with Crippen LogP contribution in [0.15, 0.2) is 48.5 Å². The summed E-state index contributed by atoms with van der Waals surface area (Å²) >= 11 is 1.64. The van der Waals surface area contributed by atoms with Crippen molar-refractivity contribution >= 4 is 17.7 Å². The predicted molar refractivity (Wildman–Crippen MR) is 100 cm³/mol. The standard InChI is InChI=1S/C19H22N2O3S/c1-23-15-5-7-16(8-6-15)24-17-4-2-3-13(11-17)18-19(22)21-14(12-20)9-10-25-18/h2-8,11,14,18H,9-10,12,20H2,1H3,(H,21,22)/t14-,18+/m0/s1. The second-order valence-corrected chi connectivity index (χ2v) is 7.04. The van der Waals surface area contributed by atoms with Gasteiger partial charge in [0.15, 0.2) is 0 Å². The summed E-state index contributed by atoms with van der Waals surface area (Å²) in [6.07, 6.45) is 0.894. The second kappa shape index (κ2) is 8.27. The minimum Gasteiger partial charge on any atom is -0.497 e. The van der Waals surface area contributed by atoms with Crippen LogP contribution in [0.1, 0.15) is 17.2 Å². The molecule has 1 fully saturated rings. The lowest BCUT2D eigenvalue weighted by Crippen LogP contribution is -2.40. The first-order valence-electron chi connectivity index (χ1n) is 8.23. The summed E-state index contributed by atoms with van der Waals surface area (Å²) in [6.45, 7) is 0.472. The summed E-state index contributed by atoms with van der Waals surface area (Å²) in [7, 11) is 1.63. The van der Waals surface area contributed by atoms with Gasteiger partial charge in [0.2, 0.25) is 5.91 Å². The van der Waals surface area contributed by atoms with Crippen LogP contribution in [0.5, 0.6) is 17.2 Å². The minimum absolute atomic E-state index is 0.0135. The molecule has 0 bridgehead atoms. The molecule has 25 heavy (non-hydrogen) atoms. The van der Waals surface area contributed by atoms with Gasteiger partial charge in [0.05, 0.1) is 7.11 Å². The molecule has 2 aromatic carbocycles. The molecule has 0 saturated carbocycles. The molecule has 2 atom stereocenters. The average molecular weight is 358 g/mol. The van der Waals surface area contributed by atoms with Crippen molar-refractivity contribution in [1.82, 2.24) is 5.32 Å². The Balaban J connectivity index is 1.75. The van der Waals surface area contributed by atoms with E-state index in [9.17, 15) is 4.79 Å². The molecule has 1 amide bonds. The number of benzene rings is 2. The monoisotopic (exact) mass is 358 g/mol. The summed E-state index contributed by atoms with van der Waals surface area (Å²) in [6, 6.07) is 15.1. The zero-order valence-electron chi connectivity index (χ0n) is 14.1. The van der Waals surface area contributed by atoms with E-state index in [2.05, 4.69) is 5.32 Å². The second-order valence-electron chi connectivity index (χ2n) is 5.83. The molecule has 6 heteroatoms. The van der Waals surface area contributed by atoms with Crippen LogP contribution in [0.3, 0.4) is 0 Å². The zero-order valence-corrected chi connectivity index (χ0v) is 14.9. The lowest BCUT2D eigenvalue weighted by atomic mass is 10.1. The quantitative estimate of drug-likeness (QED) is 0.859. The molecule has 0 aliphatic carbocycles. The van der Waals surface area contributed by atoms with Crippen molar-refractivity contribution < 1.29 is 14.3 Å². The van der Waals surface area contributed by atoms with Crippen molar-refractivity contribution in [2.45, 2.75) is 17.7 Å². The molecule has 0 spiro atoms. The number of carbonyl (C=O) groups is 1. The largest absolute Gasteiger partial charge is 0.497 e. The molecule has 1 aliphatic rings. The summed E-state index contributed by atoms with van der Waals surface area (Å²) in [5, 5.41) is 2.78. The van der Waals surface area contributed by atoms with Crippen LogP contribution in [0.2, 0.25) is 0 Å². The van der Waals surface area contributed by atoms with Gasteiger partial charge >= 0.3 is 0 Å². The van der Waals surface area contributed by atoms with Gasteiger partial charge in [0, 0.05) is 12.6 Å². The van der Waals surface area contributed by atoms with Gasteiger partial charge < -0.3 is 20.5 Å². The third-order valence-electron chi connectivity index (χ3n) is 4.08. The Morgan fingerprint density at radius 3 is 2.64 bits per heavy atom. The molecule has 2 aromatic rings. The molecule has 1 heterocycles. The number of amides is 1. The summed E-state index contributed by atoms with van der Waals surface area (Å²) < 4.78 is 11.0. The highest BCUT2D eigenvalue weighted by Crippen LogP contribution is 2.34. The first-order valence-corrected chi connectivity index (χ1v) is 9.28. The van der Waals surface area contributed by atoms with Crippen LogP contribution in [-0.4, -0.2) is 31.4 Å². The Kier molecular flexibility index (Phi) is 5.83.